The Morgan fingerprint density at radius 1 is 0.900 bits per heavy atom. The average molecular weight is 435 g/mol. The zero-order valence-electron chi connectivity index (χ0n) is 18.3. The minimum atomic E-state index is -0.446. The molecule has 0 unspecified atom stereocenters. The molecule has 0 spiro atoms. The molecule has 0 N–H and O–H groups in total. The normalized spacial score (nSPS) is 18.9. The number of hydrogen-bond donors (Lipinski definition) is 0. The van der Waals surface area contributed by atoms with Crippen LogP contribution < -0.4 is 0 Å². The van der Waals surface area contributed by atoms with Gasteiger partial charge in [-0.1, -0.05) is 30.3 Å². The van der Waals surface area contributed by atoms with E-state index >= 15 is 0 Å². The van der Waals surface area contributed by atoms with Crippen LogP contribution in [0.5, 0.6) is 0 Å². The molecule has 2 heterocycles. The van der Waals surface area contributed by atoms with Crippen LogP contribution in [0, 0.1) is 0 Å². The van der Waals surface area contributed by atoms with Crippen molar-refractivity contribution < 1.29 is 19.1 Å². The van der Waals surface area contributed by atoms with Gasteiger partial charge in [0.15, 0.2) is 0 Å². The van der Waals surface area contributed by atoms with Gasteiger partial charge in [-0.3, -0.25) is 0 Å². The number of nitrogens with zero attached hydrogens (tertiary/aromatic N) is 2. The fraction of sp³-hybridized carbons (Fsp3) is 0.652. The van der Waals surface area contributed by atoms with Gasteiger partial charge in [0, 0.05) is 36.7 Å². The van der Waals surface area contributed by atoms with E-state index in [-0.39, 0.29) is 12.2 Å². The number of likely N-dealkylation sites (tertiary alicyclic amines) is 2. The third kappa shape index (κ3) is 7.11. The predicted octanol–water partition coefficient (Wildman–Crippen LogP) is 4.92. The number of benzene rings is 1. The van der Waals surface area contributed by atoms with Crippen molar-refractivity contribution in [2.75, 3.05) is 26.2 Å². The van der Waals surface area contributed by atoms with E-state index in [0.29, 0.717) is 17.1 Å². The van der Waals surface area contributed by atoms with Gasteiger partial charge >= 0.3 is 12.2 Å². The second-order valence-electron chi connectivity index (χ2n) is 9.03. The molecule has 7 heteroatoms. The zero-order chi connectivity index (χ0) is 21.6. The average Bonchev–Trinajstić information content (AvgIpc) is 2.72. The molecule has 30 heavy (non-hydrogen) atoms. The fourth-order valence-corrected chi connectivity index (χ4v) is 5.27. The van der Waals surface area contributed by atoms with E-state index in [9.17, 15) is 9.59 Å². The van der Waals surface area contributed by atoms with Crippen LogP contribution in [0.25, 0.3) is 0 Å². The number of piperidine rings is 2. The van der Waals surface area contributed by atoms with Crippen LogP contribution in [0.1, 0.15) is 52.0 Å². The summed E-state index contributed by atoms with van der Waals surface area (Å²) in [6.07, 6.45) is 3.59. The lowest BCUT2D eigenvalue weighted by Gasteiger charge is -2.36. The summed E-state index contributed by atoms with van der Waals surface area (Å²) in [7, 11) is 0. The van der Waals surface area contributed by atoms with Crippen molar-refractivity contribution in [2.24, 2.45) is 0 Å². The number of thioether (sulfide) groups is 1. The second-order valence-corrected chi connectivity index (χ2v) is 10.6. The van der Waals surface area contributed by atoms with Crippen LogP contribution in [0.3, 0.4) is 0 Å². The number of amides is 2. The summed E-state index contributed by atoms with van der Waals surface area (Å²) in [6.45, 7) is 9.05. The van der Waals surface area contributed by atoms with Crippen molar-refractivity contribution >= 4 is 23.9 Å². The van der Waals surface area contributed by atoms with E-state index in [1.165, 1.54) is 0 Å². The molecular weight excluding hydrogens is 400 g/mol. The van der Waals surface area contributed by atoms with E-state index in [0.717, 1.165) is 57.4 Å². The van der Waals surface area contributed by atoms with Gasteiger partial charge in [-0.25, -0.2) is 9.59 Å². The summed E-state index contributed by atoms with van der Waals surface area (Å²) in [5.74, 6) is 0. The summed E-state index contributed by atoms with van der Waals surface area (Å²) < 4.78 is 10.9. The summed E-state index contributed by atoms with van der Waals surface area (Å²) >= 11 is 2.03. The molecule has 2 fully saturated rings. The maximum Gasteiger partial charge on any atom is 0.410 e. The minimum absolute atomic E-state index is 0.201. The largest absolute Gasteiger partial charge is 0.445 e. The first kappa shape index (κ1) is 22.8. The summed E-state index contributed by atoms with van der Waals surface area (Å²) in [6, 6.07) is 9.78. The summed E-state index contributed by atoms with van der Waals surface area (Å²) in [5.41, 5.74) is 0.563. The van der Waals surface area contributed by atoms with Gasteiger partial charge in [-0.15, -0.1) is 0 Å². The van der Waals surface area contributed by atoms with Crippen molar-refractivity contribution in [3.63, 3.8) is 0 Å². The van der Waals surface area contributed by atoms with Crippen LogP contribution in [-0.2, 0) is 16.1 Å². The molecule has 0 aliphatic carbocycles. The van der Waals surface area contributed by atoms with Crippen molar-refractivity contribution in [3.05, 3.63) is 35.9 Å². The molecule has 1 aromatic rings. The first-order valence-corrected chi connectivity index (χ1v) is 11.8. The van der Waals surface area contributed by atoms with Crippen molar-refractivity contribution in [1.82, 2.24) is 9.80 Å². The molecule has 0 bridgehead atoms. The van der Waals surface area contributed by atoms with Crippen LogP contribution in [0.4, 0.5) is 9.59 Å². The molecule has 2 aliphatic rings. The number of rotatable bonds is 4. The van der Waals surface area contributed by atoms with Gasteiger partial charge in [-0.05, 0) is 52.0 Å². The van der Waals surface area contributed by atoms with Gasteiger partial charge in [0.25, 0.3) is 0 Å². The molecule has 6 nitrogen and oxygen atoms in total. The fourth-order valence-electron chi connectivity index (χ4n) is 3.76. The quantitative estimate of drug-likeness (QED) is 0.673. The lowest BCUT2D eigenvalue weighted by Crippen LogP contribution is -2.43. The highest BCUT2D eigenvalue weighted by Crippen LogP contribution is 2.33. The van der Waals surface area contributed by atoms with E-state index < -0.39 is 5.60 Å². The Kier molecular flexibility index (Phi) is 7.92. The predicted molar refractivity (Wildman–Crippen MR) is 120 cm³/mol. The van der Waals surface area contributed by atoms with Crippen molar-refractivity contribution in [2.45, 2.75) is 69.2 Å². The van der Waals surface area contributed by atoms with Crippen LogP contribution in [-0.4, -0.2) is 64.3 Å². The summed E-state index contributed by atoms with van der Waals surface area (Å²) in [5, 5.41) is 1.14. The maximum atomic E-state index is 12.3. The first-order chi connectivity index (χ1) is 14.3. The molecule has 0 radical (unpaired) electrons. The lowest BCUT2D eigenvalue weighted by atomic mass is 10.1. The van der Waals surface area contributed by atoms with Gasteiger partial charge in [-0.2, -0.15) is 11.8 Å². The van der Waals surface area contributed by atoms with Gasteiger partial charge in [0.1, 0.15) is 12.2 Å². The highest BCUT2D eigenvalue weighted by molar-refractivity contribution is 8.00. The Bertz CT molecular complexity index is 691. The highest BCUT2D eigenvalue weighted by atomic mass is 32.2. The Morgan fingerprint density at radius 3 is 1.90 bits per heavy atom. The molecule has 166 valence electrons. The van der Waals surface area contributed by atoms with Crippen LogP contribution in [0.2, 0.25) is 0 Å². The zero-order valence-corrected chi connectivity index (χ0v) is 19.2. The number of ether oxygens (including phenoxy) is 2. The van der Waals surface area contributed by atoms with Gasteiger partial charge < -0.3 is 19.3 Å². The minimum Gasteiger partial charge on any atom is -0.445 e. The molecule has 0 atom stereocenters. The molecular formula is C23H34N2O4S. The molecule has 0 aromatic heterocycles. The summed E-state index contributed by atoms with van der Waals surface area (Å²) in [4.78, 5) is 28.2. The highest BCUT2D eigenvalue weighted by Gasteiger charge is 2.30. The Labute approximate surface area is 184 Å². The Balaban J connectivity index is 1.33. The molecule has 3 rings (SSSR count). The van der Waals surface area contributed by atoms with Gasteiger partial charge in [0.2, 0.25) is 0 Å². The second kappa shape index (κ2) is 10.4. The number of carbonyl (C=O) groups is 2. The van der Waals surface area contributed by atoms with Crippen molar-refractivity contribution in [3.8, 4) is 0 Å². The molecule has 1 aromatic carbocycles. The maximum absolute atomic E-state index is 12.3. The lowest BCUT2D eigenvalue weighted by molar-refractivity contribution is 0.0219. The topological polar surface area (TPSA) is 59.1 Å². The molecule has 0 saturated carbocycles. The van der Waals surface area contributed by atoms with Crippen LogP contribution >= 0.6 is 11.8 Å². The SMILES string of the molecule is CC(C)(C)OC(=O)N1CCC(SC2CCN(C(=O)OCc3ccccc3)CC2)CC1. The van der Waals surface area contributed by atoms with E-state index in [1.54, 1.807) is 0 Å². The van der Waals surface area contributed by atoms with E-state index in [2.05, 4.69) is 0 Å². The Morgan fingerprint density at radius 2 is 1.40 bits per heavy atom. The molecule has 2 amide bonds. The van der Waals surface area contributed by atoms with Gasteiger partial charge in [0.05, 0.1) is 0 Å². The van der Waals surface area contributed by atoms with Crippen LogP contribution in [0.15, 0.2) is 30.3 Å². The standard InChI is InChI=1S/C23H34N2O4S/c1-23(2,3)29-22(27)25-15-11-20(12-16-25)30-19-9-13-24(14-10-19)21(26)28-17-18-7-5-4-6-8-18/h4-8,19-20H,9-17H2,1-3H3. The Hall–Kier alpha value is -1.89. The van der Waals surface area contributed by atoms with E-state index in [1.807, 2.05) is 72.7 Å². The van der Waals surface area contributed by atoms with E-state index in [4.69, 9.17) is 9.47 Å². The monoisotopic (exact) mass is 434 g/mol. The smallest absolute Gasteiger partial charge is 0.410 e. The van der Waals surface area contributed by atoms with Crippen molar-refractivity contribution in [1.29, 1.82) is 0 Å². The third-order valence-corrected chi connectivity index (χ3v) is 7.10. The third-order valence-electron chi connectivity index (χ3n) is 5.38. The molecule has 2 aliphatic heterocycles. The number of carbonyl (C=O) groups excluding carboxylic acids is 2. The first-order valence-electron chi connectivity index (χ1n) is 10.9. The molecule has 2 saturated heterocycles. The number of hydrogen-bond acceptors (Lipinski definition) is 5.